The first-order valence-corrected chi connectivity index (χ1v) is 32.3. The topological polar surface area (TPSA) is 134 Å². The minimum atomic E-state index is -4.09. The Balaban J connectivity index is 0.00000136. The number of rotatable bonds is 40. The van der Waals surface area contributed by atoms with Gasteiger partial charge in [-0.15, -0.1) is 0 Å². The molecular formula is C60H110CdO8P2. The van der Waals surface area contributed by atoms with Gasteiger partial charge in [0.2, 0.25) is 0 Å². The Morgan fingerprint density at radius 1 is 0.380 bits per heavy atom. The summed E-state index contributed by atoms with van der Waals surface area (Å²) in [6.45, 7) is 22.6. The van der Waals surface area contributed by atoms with Crippen molar-refractivity contribution < 1.29 is 65.5 Å². The van der Waals surface area contributed by atoms with E-state index in [0.29, 0.717) is 24.3 Å². The molecule has 2 aromatic carbocycles. The number of hydrogen-bond acceptors (Lipinski definition) is 4. The van der Waals surface area contributed by atoms with Crippen LogP contribution < -0.4 is 9.47 Å². The van der Waals surface area contributed by atoms with Crippen molar-refractivity contribution in [3.8, 4) is 11.5 Å². The van der Waals surface area contributed by atoms with Gasteiger partial charge < -0.3 is 29.0 Å². The van der Waals surface area contributed by atoms with E-state index in [1.807, 2.05) is 38.1 Å². The minimum absolute atomic E-state index is 0. The van der Waals surface area contributed by atoms with Crippen molar-refractivity contribution in [1.82, 2.24) is 0 Å². The van der Waals surface area contributed by atoms with Crippen molar-refractivity contribution in [2.45, 2.75) is 298 Å². The van der Waals surface area contributed by atoms with Gasteiger partial charge in [-0.2, -0.15) is 0 Å². The van der Waals surface area contributed by atoms with Crippen LogP contribution in [-0.4, -0.2) is 32.8 Å². The Morgan fingerprint density at radius 3 is 0.789 bits per heavy atom. The van der Waals surface area contributed by atoms with Crippen molar-refractivity contribution in [1.29, 1.82) is 0 Å². The van der Waals surface area contributed by atoms with Gasteiger partial charge in [0.25, 0.3) is 0 Å². The molecule has 0 aromatic heterocycles. The number of benzene rings is 2. The number of hydrogen-bond donors (Lipinski definition) is 4. The van der Waals surface area contributed by atoms with Gasteiger partial charge in [-0.3, -0.25) is 9.13 Å². The number of unbranched alkanes of at least 4 members (excludes halogenated alkanes) is 30. The van der Waals surface area contributed by atoms with Crippen molar-refractivity contribution >= 4 is 15.2 Å². The average molecular weight is 1130 g/mol. The molecule has 0 aliphatic rings. The monoisotopic (exact) mass is 1130 g/mol. The van der Waals surface area contributed by atoms with E-state index in [2.05, 4.69) is 55.4 Å². The standard InChI is InChI=1S/2C30H55O4P.Cd/c2*1-6-7-8-9-10-11-12-13-14-15-16-17-18-19-20-21-22-34-29-26(2)23-27(25-35(31,32)33)24-28(29)30(3,4)5;/h2*23-24H,6-22,25H2,1-5H3,(H2,31,32,33);. The number of aryl methyl sites for hydroxylation is 2. The van der Waals surface area contributed by atoms with E-state index in [9.17, 15) is 28.7 Å². The molecule has 0 saturated heterocycles. The molecule has 0 spiro atoms. The molecule has 0 aliphatic heterocycles. The third-order valence-electron chi connectivity index (χ3n) is 13.6. The predicted octanol–water partition coefficient (Wildman–Crippen LogP) is 19.2. The summed E-state index contributed by atoms with van der Waals surface area (Å²) in [7, 11) is -8.18. The molecule has 2 aromatic rings. The van der Waals surface area contributed by atoms with E-state index in [-0.39, 0.29) is 50.5 Å². The smallest absolute Gasteiger partial charge is 0.329 e. The molecule has 410 valence electrons. The molecule has 0 fully saturated rings. The third-order valence-corrected chi connectivity index (χ3v) is 15.1. The maximum Gasteiger partial charge on any atom is 0.329 e. The summed E-state index contributed by atoms with van der Waals surface area (Å²) in [4.78, 5) is 37.5. The molecule has 4 N–H and O–H groups in total. The second kappa shape index (κ2) is 40.5. The van der Waals surface area contributed by atoms with Crippen molar-refractivity contribution in [2.75, 3.05) is 13.2 Å². The van der Waals surface area contributed by atoms with Crippen LogP contribution in [-0.2, 0) is 59.6 Å². The predicted molar refractivity (Wildman–Crippen MR) is 301 cm³/mol. The zero-order chi connectivity index (χ0) is 52.3. The van der Waals surface area contributed by atoms with Gasteiger partial charge in [0, 0.05) is 38.4 Å². The van der Waals surface area contributed by atoms with E-state index >= 15 is 0 Å². The molecule has 2 rings (SSSR count). The van der Waals surface area contributed by atoms with E-state index in [1.165, 1.54) is 193 Å². The molecule has 0 aliphatic carbocycles. The van der Waals surface area contributed by atoms with E-state index in [0.717, 1.165) is 46.6 Å². The Labute approximate surface area is 458 Å². The Kier molecular flexibility index (Phi) is 40.1. The maximum absolute atomic E-state index is 11.5. The van der Waals surface area contributed by atoms with Crippen molar-refractivity contribution in [3.63, 3.8) is 0 Å². The summed E-state index contributed by atoms with van der Waals surface area (Å²) in [6, 6.07) is 7.54. The quantitative estimate of drug-likeness (QED) is 0.0295. The summed E-state index contributed by atoms with van der Waals surface area (Å²) in [6.07, 6.45) is 42.9. The van der Waals surface area contributed by atoms with Gasteiger partial charge in [0.15, 0.2) is 0 Å². The molecule has 8 nitrogen and oxygen atoms in total. The second-order valence-electron chi connectivity index (χ2n) is 23.0. The van der Waals surface area contributed by atoms with Crippen molar-refractivity contribution in [2.24, 2.45) is 0 Å². The molecule has 11 heteroatoms. The summed E-state index contributed by atoms with van der Waals surface area (Å²) >= 11 is 0. The van der Waals surface area contributed by atoms with Crippen LogP contribution in [0, 0.1) is 13.8 Å². The fourth-order valence-corrected chi connectivity index (χ4v) is 10.8. The normalized spacial score (nSPS) is 12.1. The first-order valence-electron chi connectivity index (χ1n) is 28.7. The zero-order valence-electron chi connectivity index (χ0n) is 47.8. The average Bonchev–Trinajstić information content (AvgIpc) is 3.25. The maximum atomic E-state index is 11.5. The summed E-state index contributed by atoms with van der Waals surface area (Å²) in [5.41, 5.74) is 5.01. The van der Waals surface area contributed by atoms with E-state index in [4.69, 9.17) is 9.47 Å². The first-order chi connectivity index (χ1) is 33.1. The van der Waals surface area contributed by atoms with E-state index < -0.39 is 15.2 Å². The van der Waals surface area contributed by atoms with Crippen LogP contribution in [0.4, 0.5) is 0 Å². The summed E-state index contributed by atoms with van der Waals surface area (Å²) in [5.74, 6) is 1.76. The Bertz CT molecular complexity index is 1600. The van der Waals surface area contributed by atoms with Gasteiger partial charge in [0.05, 0.1) is 25.5 Å². The molecule has 0 amide bonds. The fourth-order valence-electron chi connectivity index (χ4n) is 9.50. The molecule has 0 atom stereocenters. The number of ether oxygens (including phenoxy) is 2. The Hall–Kier alpha value is -0.738. The minimum Gasteiger partial charge on any atom is -0.493 e. The second-order valence-corrected chi connectivity index (χ2v) is 26.3. The molecule has 0 bridgehead atoms. The largest absolute Gasteiger partial charge is 0.493 e. The van der Waals surface area contributed by atoms with Crippen LogP contribution in [0.2, 0.25) is 0 Å². The SMILES string of the molecule is CCCCCCCCCCCCCCCCCCOc1c(C)cc(CP(=O)(O)O)cc1C(C)(C)C.CCCCCCCCCCCCCCCCCCOc1c(C)cc(CP(=O)(O)O)cc1C(C)(C)C.[Cd]. The molecule has 0 heterocycles. The third kappa shape index (κ3) is 37.6. The molecule has 0 saturated carbocycles. The molecule has 71 heavy (non-hydrogen) atoms. The zero-order valence-corrected chi connectivity index (χ0v) is 53.6. The van der Waals surface area contributed by atoms with Crippen LogP contribution in [0.5, 0.6) is 11.5 Å². The summed E-state index contributed by atoms with van der Waals surface area (Å²) in [5, 5.41) is 0. The van der Waals surface area contributed by atoms with Gasteiger partial charge in [-0.25, -0.2) is 0 Å². The van der Waals surface area contributed by atoms with Gasteiger partial charge in [-0.1, -0.05) is 272 Å². The van der Waals surface area contributed by atoms with Crippen LogP contribution in [0.15, 0.2) is 24.3 Å². The van der Waals surface area contributed by atoms with Gasteiger partial charge in [0.1, 0.15) is 11.5 Å². The molecule has 0 unspecified atom stereocenters. The van der Waals surface area contributed by atoms with Gasteiger partial charge >= 0.3 is 15.2 Å². The molecular weight excluding hydrogens is 1020 g/mol. The first kappa shape index (κ1) is 70.3. The van der Waals surface area contributed by atoms with Crippen LogP contribution in [0.3, 0.4) is 0 Å². The van der Waals surface area contributed by atoms with E-state index in [1.54, 1.807) is 0 Å². The summed E-state index contributed by atoms with van der Waals surface area (Å²) < 4.78 is 35.3. The Morgan fingerprint density at radius 2 is 0.592 bits per heavy atom. The van der Waals surface area contributed by atoms with Crippen molar-refractivity contribution in [3.05, 3.63) is 57.6 Å². The van der Waals surface area contributed by atoms with Crippen LogP contribution in [0.1, 0.15) is 294 Å². The molecule has 0 radical (unpaired) electrons. The van der Waals surface area contributed by atoms with Crippen LogP contribution >= 0.6 is 15.2 Å². The van der Waals surface area contributed by atoms with Crippen LogP contribution in [0.25, 0.3) is 0 Å². The fraction of sp³-hybridized carbons (Fsp3) is 0.800. The van der Waals surface area contributed by atoms with Gasteiger partial charge in [-0.05, 0) is 59.8 Å².